The zero-order valence-corrected chi connectivity index (χ0v) is 11.2. The lowest BCUT2D eigenvalue weighted by Gasteiger charge is -2.30. The van der Waals surface area contributed by atoms with Gasteiger partial charge in [-0.05, 0) is 0 Å². The number of alkyl halides is 4. The van der Waals surface area contributed by atoms with Gasteiger partial charge in [-0.1, -0.05) is 88.0 Å². The maximum absolute atomic E-state index is 3.50. The smallest absolute Gasteiger partial charge is 0.0652 e. The van der Waals surface area contributed by atoms with Crippen molar-refractivity contribution in [3.8, 4) is 0 Å². The molecule has 56 valence electrons. The molecule has 0 aliphatic heterocycles. The fraction of sp³-hybridized carbons (Fsp3) is 0.333. The lowest BCUT2D eigenvalue weighted by atomic mass is 10.2. The largest absolute Gasteiger partial charge is 0.127 e. The third-order valence-corrected chi connectivity index (χ3v) is 6.85. The molecule has 0 spiro atoms. The highest BCUT2D eigenvalue weighted by Gasteiger charge is 2.41. The van der Waals surface area contributed by atoms with Gasteiger partial charge >= 0.3 is 0 Å². The number of hydrogen-bond donors (Lipinski definition) is 0. The maximum Gasteiger partial charge on any atom is 0.127 e. The van der Waals surface area contributed by atoms with Crippen LogP contribution < -0.4 is 0 Å². The first-order chi connectivity index (χ1) is 4.46. The molecule has 1 rings (SSSR count). The second kappa shape index (κ2) is 3.04. The molecule has 1 aliphatic rings. The molecule has 1 aliphatic carbocycles. The predicted octanol–water partition coefficient (Wildman–Crippen LogP) is 4.08. The molecule has 0 N–H and O–H groups in total. The van der Waals surface area contributed by atoms with Crippen molar-refractivity contribution >= 4 is 63.7 Å². The second-order valence-corrected chi connectivity index (χ2v) is 9.10. The Hall–Kier alpha value is 1.40. The van der Waals surface area contributed by atoms with E-state index in [-0.39, 0.29) is 6.47 Å². The summed E-state index contributed by atoms with van der Waals surface area (Å²) in [5, 5.41) is 0. The monoisotopic (exact) mass is 392 g/mol. The molecule has 0 saturated carbocycles. The van der Waals surface area contributed by atoms with Crippen LogP contribution in [0.1, 0.15) is 0 Å². The maximum atomic E-state index is 3.50. The van der Waals surface area contributed by atoms with Crippen molar-refractivity contribution in [3.63, 3.8) is 0 Å². The van der Waals surface area contributed by atoms with Gasteiger partial charge in [0.1, 0.15) is 6.47 Å². The van der Waals surface area contributed by atoms with Crippen molar-refractivity contribution in [2.45, 2.75) is 6.47 Å². The van der Waals surface area contributed by atoms with Crippen LogP contribution >= 0.6 is 63.7 Å². The van der Waals surface area contributed by atoms with E-state index in [1.807, 2.05) is 24.3 Å². The summed E-state index contributed by atoms with van der Waals surface area (Å²) < 4.78 is -0.469. The van der Waals surface area contributed by atoms with E-state index >= 15 is 0 Å². The summed E-state index contributed by atoms with van der Waals surface area (Å²) in [6, 6.07) is 0. The van der Waals surface area contributed by atoms with E-state index in [4.69, 9.17) is 0 Å². The van der Waals surface area contributed by atoms with E-state index in [9.17, 15) is 0 Å². The van der Waals surface area contributed by atoms with E-state index in [1.165, 1.54) is 0 Å². The van der Waals surface area contributed by atoms with E-state index in [1.54, 1.807) is 0 Å². The van der Waals surface area contributed by atoms with Crippen molar-refractivity contribution in [1.29, 1.82) is 0 Å². The van der Waals surface area contributed by atoms with Crippen molar-refractivity contribution in [3.05, 3.63) is 24.3 Å². The molecule has 0 nitrogen and oxygen atoms in total. The average molecular weight is 396 g/mol. The molecule has 0 heterocycles. The zero-order chi connectivity index (χ0) is 7.83. The Bertz CT molecular complexity index is 168. The minimum Gasteiger partial charge on any atom is -0.0652 e. The van der Waals surface area contributed by atoms with Crippen LogP contribution in [0, 0.1) is 0 Å². The van der Waals surface area contributed by atoms with Crippen LogP contribution in [0.15, 0.2) is 24.3 Å². The molecule has 0 aromatic heterocycles. The highest BCUT2D eigenvalue weighted by atomic mass is 79.9. The third-order valence-electron chi connectivity index (χ3n) is 1.17. The van der Waals surface area contributed by atoms with Gasteiger partial charge in [0.15, 0.2) is 0 Å². The summed E-state index contributed by atoms with van der Waals surface area (Å²) in [6.07, 6.45) is 7.97. The first-order valence-corrected chi connectivity index (χ1v) is 5.76. The molecular formula is C6H4Br4. The predicted molar refractivity (Wildman–Crippen MR) is 59.5 cm³/mol. The van der Waals surface area contributed by atoms with Crippen molar-refractivity contribution < 1.29 is 0 Å². The normalized spacial score (nSPS) is 26.8. The fourth-order valence-electron chi connectivity index (χ4n) is 0.575. The first-order valence-electron chi connectivity index (χ1n) is 2.58. The Labute approximate surface area is 93.6 Å². The molecule has 0 atom stereocenters. The SMILES string of the molecule is BrC1(Br)C=CC=CC1(Br)Br. The molecule has 10 heavy (non-hydrogen) atoms. The molecule has 0 amide bonds. The summed E-state index contributed by atoms with van der Waals surface area (Å²) in [7, 11) is 0. The Kier molecular flexibility index (Phi) is 2.88. The molecular weight excluding hydrogens is 392 g/mol. The van der Waals surface area contributed by atoms with E-state index in [0.717, 1.165) is 0 Å². The summed E-state index contributed by atoms with van der Waals surface area (Å²) in [5.41, 5.74) is 0. The van der Waals surface area contributed by atoms with Crippen LogP contribution in [0.5, 0.6) is 0 Å². The number of rotatable bonds is 0. The highest BCUT2D eigenvalue weighted by molar-refractivity contribution is 9.30. The Morgan fingerprint density at radius 3 is 1.20 bits per heavy atom. The van der Waals surface area contributed by atoms with Gasteiger partial charge in [0, 0.05) is 0 Å². The Morgan fingerprint density at radius 2 is 1.00 bits per heavy atom. The third kappa shape index (κ3) is 1.76. The Morgan fingerprint density at radius 1 is 0.700 bits per heavy atom. The molecule has 4 heteroatoms. The minimum atomic E-state index is -0.234. The van der Waals surface area contributed by atoms with E-state index in [2.05, 4.69) is 63.7 Å². The second-order valence-electron chi connectivity index (χ2n) is 1.96. The average Bonchev–Trinajstić information content (AvgIpc) is 1.77. The summed E-state index contributed by atoms with van der Waals surface area (Å²) >= 11 is 14.0. The van der Waals surface area contributed by atoms with Crippen LogP contribution in [-0.4, -0.2) is 6.47 Å². The fourth-order valence-corrected chi connectivity index (χ4v) is 1.71. The highest BCUT2D eigenvalue weighted by Crippen LogP contribution is 2.51. The molecule has 0 saturated heterocycles. The van der Waals surface area contributed by atoms with Crippen LogP contribution in [0.3, 0.4) is 0 Å². The van der Waals surface area contributed by atoms with Gasteiger partial charge in [0.2, 0.25) is 0 Å². The van der Waals surface area contributed by atoms with Gasteiger partial charge < -0.3 is 0 Å². The number of hydrogen-bond acceptors (Lipinski definition) is 0. The van der Waals surface area contributed by atoms with Crippen LogP contribution in [0.25, 0.3) is 0 Å². The van der Waals surface area contributed by atoms with Crippen molar-refractivity contribution in [2.75, 3.05) is 0 Å². The van der Waals surface area contributed by atoms with Crippen molar-refractivity contribution in [1.82, 2.24) is 0 Å². The molecule has 0 radical (unpaired) electrons. The summed E-state index contributed by atoms with van der Waals surface area (Å²) in [6.45, 7) is 0. The van der Waals surface area contributed by atoms with Gasteiger partial charge in [0.25, 0.3) is 0 Å². The lowest BCUT2D eigenvalue weighted by Crippen LogP contribution is -2.31. The standard InChI is InChI=1S/C6H4Br4/c7-5(8)3-1-2-4-6(5,9)10/h1-4H. The molecule has 0 unspecified atom stereocenters. The number of allylic oxidation sites excluding steroid dienone is 4. The molecule has 0 aromatic carbocycles. The number of halogens is 4. The quantitative estimate of drug-likeness (QED) is 0.542. The molecule has 0 fully saturated rings. The minimum absolute atomic E-state index is 0.234. The zero-order valence-electron chi connectivity index (χ0n) is 4.82. The van der Waals surface area contributed by atoms with E-state index < -0.39 is 0 Å². The first kappa shape index (κ1) is 9.49. The topological polar surface area (TPSA) is 0 Å². The van der Waals surface area contributed by atoms with Gasteiger partial charge in [-0.25, -0.2) is 0 Å². The van der Waals surface area contributed by atoms with Crippen molar-refractivity contribution in [2.24, 2.45) is 0 Å². The van der Waals surface area contributed by atoms with Crippen LogP contribution in [-0.2, 0) is 0 Å². The van der Waals surface area contributed by atoms with Gasteiger partial charge in [-0.2, -0.15) is 0 Å². The summed E-state index contributed by atoms with van der Waals surface area (Å²) in [4.78, 5) is 0. The van der Waals surface area contributed by atoms with Gasteiger partial charge in [-0.15, -0.1) is 0 Å². The molecule has 0 aromatic rings. The van der Waals surface area contributed by atoms with Crippen LogP contribution in [0.4, 0.5) is 0 Å². The Balaban J connectivity index is 2.96. The van der Waals surface area contributed by atoms with Gasteiger partial charge in [-0.3, -0.25) is 0 Å². The van der Waals surface area contributed by atoms with Crippen LogP contribution in [0.2, 0.25) is 0 Å². The van der Waals surface area contributed by atoms with Gasteiger partial charge in [0.05, 0.1) is 0 Å². The summed E-state index contributed by atoms with van der Waals surface area (Å²) in [5.74, 6) is 0. The van der Waals surface area contributed by atoms with E-state index in [0.29, 0.717) is 0 Å². The molecule has 0 bridgehead atoms. The lowest BCUT2D eigenvalue weighted by molar-refractivity contribution is 1.02.